The summed E-state index contributed by atoms with van der Waals surface area (Å²) in [7, 11) is 3.98. The maximum atomic E-state index is 12.5. The van der Waals surface area contributed by atoms with Crippen LogP contribution in [0.25, 0.3) is 0 Å². The first-order chi connectivity index (χ1) is 10.5. The Kier molecular flexibility index (Phi) is 3.12. The van der Waals surface area contributed by atoms with Crippen molar-refractivity contribution in [3.63, 3.8) is 0 Å². The first-order valence-corrected chi connectivity index (χ1v) is 8.45. The Labute approximate surface area is 132 Å². The zero-order valence-electron chi connectivity index (χ0n) is 13.8. The number of fused-ring (bicyclic) bond motifs is 1. The van der Waals surface area contributed by atoms with Crippen LogP contribution in [-0.2, 0) is 16.6 Å². The van der Waals surface area contributed by atoms with Gasteiger partial charge in [0.15, 0.2) is 0 Å². The number of rotatable bonds is 1. The highest BCUT2D eigenvalue weighted by Crippen LogP contribution is 2.56. The van der Waals surface area contributed by atoms with Gasteiger partial charge >= 0.3 is 0 Å². The highest BCUT2D eigenvalue weighted by molar-refractivity contribution is 5.83. The van der Waals surface area contributed by atoms with Crippen LogP contribution in [0.5, 0.6) is 5.75 Å². The van der Waals surface area contributed by atoms with Crippen molar-refractivity contribution in [3.8, 4) is 5.75 Å². The Bertz CT molecular complexity index is 626. The van der Waals surface area contributed by atoms with Crippen molar-refractivity contribution < 1.29 is 9.53 Å². The summed E-state index contributed by atoms with van der Waals surface area (Å²) in [5, 5.41) is 0. The minimum absolute atomic E-state index is 0.0584. The van der Waals surface area contributed by atoms with Crippen LogP contribution >= 0.6 is 0 Å². The van der Waals surface area contributed by atoms with Gasteiger partial charge in [-0.3, -0.25) is 4.79 Å². The Morgan fingerprint density at radius 2 is 2.18 bits per heavy atom. The van der Waals surface area contributed by atoms with E-state index in [0.717, 1.165) is 38.0 Å². The highest BCUT2D eigenvalue weighted by atomic mass is 16.5. The summed E-state index contributed by atoms with van der Waals surface area (Å²) in [6, 6.07) is 7.09. The summed E-state index contributed by atoms with van der Waals surface area (Å²) in [6.07, 6.45) is 3.99. The Balaban J connectivity index is 1.89. The number of nitrogens with zero attached hydrogens (tertiary/aromatic N) is 1. The maximum absolute atomic E-state index is 12.5. The molecule has 3 heteroatoms. The quantitative estimate of drug-likeness (QED) is 0.798. The zero-order valence-corrected chi connectivity index (χ0v) is 13.8. The molecule has 1 aromatic carbocycles. The number of carbonyl (C=O) groups is 1. The monoisotopic (exact) mass is 299 g/mol. The third-order valence-electron chi connectivity index (χ3n) is 6.58. The summed E-state index contributed by atoms with van der Waals surface area (Å²) in [6.45, 7) is 3.21. The number of methoxy groups -OCH3 is 1. The van der Waals surface area contributed by atoms with Crippen molar-refractivity contribution in [1.29, 1.82) is 0 Å². The molecule has 0 amide bonds. The number of ketones is 1. The van der Waals surface area contributed by atoms with E-state index in [2.05, 4.69) is 37.1 Å². The SMILES string of the molecule is COc1ccc2c(c1)[C@]13CCN(C)[C@H](C2)[C@@H]1C[C@@H](C)C(=O)C3. The summed E-state index contributed by atoms with van der Waals surface area (Å²) >= 11 is 0. The van der Waals surface area contributed by atoms with Crippen molar-refractivity contribution in [1.82, 2.24) is 4.90 Å². The first kappa shape index (κ1) is 14.3. The molecule has 4 rings (SSSR count). The lowest BCUT2D eigenvalue weighted by Gasteiger charge is -2.58. The standard InChI is InChI=1S/C19H25NO2/c1-12-8-16-17-9-13-4-5-14(22-3)10-15(13)19(16,11-18(12)21)6-7-20(17)2/h4-5,10,12,16-17H,6-9,11H2,1-3H3/t12-,16+,17-,19-/m1/s1. The van der Waals surface area contributed by atoms with Gasteiger partial charge in [-0.25, -0.2) is 0 Å². The number of likely N-dealkylation sites (N-methyl/N-ethyl adjacent to an activating group) is 1. The molecule has 0 spiro atoms. The average molecular weight is 299 g/mol. The van der Waals surface area contributed by atoms with E-state index in [-0.39, 0.29) is 11.3 Å². The Morgan fingerprint density at radius 3 is 2.95 bits per heavy atom. The zero-order chi connectivity index (χ0) is 15.5. The van der Waals surface area contributed by atoms with Crippen LogP contribution in [0.1, 0.15) is 37.3 Å². The fourth-order valence-corrected chi connectivity index (χ4v) is 5.28. The van der Waals surface area contributed by atoms with E-state index in [4.69, 9.17) is 4.74 Å². The van der Waals surface area contributed by atoms with Crippen molar-refractivity contribution >= 4 is 5.78 Å². The van der Waals surface area contributed by atoms with Crippen molar-refractivity contribution in [3.05, 3.63) is 29.3 Å². The van der Waals surface area contributed by atoms with Gasteiger partial charge in [0.2, 0.25) is 0 Å². The number of Topliss-reactive ketones (excluding diaryl/α,β-unsaturated/α-hetero) is 1. The fourth-order valence-electron chi connectivity index (χ4n) is 5.28. The molecule has 2 aliphatic carbocycles. The molecule has 22 heavy (non-hydrogen) atoms. The number of hydrogen-bond donors (Lipinski definition) is 0. The van der Waals surface area contributed by atoms with Crippen LogP contribution < -0.4 is 4.74 Å². The molecule has 118 valence electrons. The topological polar surface area (TPSA) is 29.5 Å². The van der Waals surface area contributed by atoms with Crippen molar-refractivity contribution in [2.75, 3.05) is 20.7 Å². The molecule has 3 nitrogen and oxygen atoms in total. The smallest absolute Gasteiger partial charge is 0.136 e. The largest absolute Gasteiger partial charge is 0.497 e. The summed E-state index contributed by atoms with van der Waals surface area (Å²) in [5.41, 5.74) is 2.89. The van der Waals surface area contributed by atoms with Crippen LogP contribution in [0.3, 0.4) is 0 Å². The van der Waals surface area contributed by atoms with E-state index in [1.165, 1.54) is 11.1 Å². The lowest BCUT2D eigenvalue weighted by atomic mass is 9.51. The van der Waals surface area contributed by atoms with Gasteiger partial charge in [0, 0.05) is 23.8 Å². The number of piperidine rings is 1. The molecule has 4 atom stereocenters. The van der Waals surface area contributed by atoms with E-state index in [0.29, 0.717) is 17.7 Å². The van der Waals surface area contributed by atoms with E-state index >= 15 is 0 Å². The van der Waals surface area contributed by atoms with E-state index in [1.54, 1.807) is 7.11 Å². The first-order valence-electron chi connectivity index (χ1n) is 8.45. The lowest BCUT2D eigenvalue weighted by molar-refractivity contribution is -0.132. The molecular weight excluding hydrogens is 274 g/mol. The second-order valence-corrected chi connectivity index (χ2v) is 7.57. The molecule has 3 aliphatic rings. The molecule has 2 fully saturated rings. The van der Waals surface area contributed by atoms with Gasteiger partial charge in [0.05, 0.1) is 7.11 Å². The molecule has 0 unspecified atom stereocenters. The molecule has 0 aromatic heterocycles. The molecule has 1 aliphatic heterocycles. The van der Waals surface area contributed by atoms with Crippen LogP contribution in [0.4, 0.5) is 0 Å². The number of carbonyl (C=O) groups excluding carboxylic acids is 1. The molecule has 0 N–H and O–H groups in total. The normalized spacial score (nSPS) is 37.4. The predicted octanol–water partition coefficient (Wildman–Crippen LogP) is 2.81. The third-order valence-corrected chi connectivity index (χ3v) is 6.58. The average Bonchev–Trinajstić information content (AvgIpc) is 2.52. The number of likely N-dealkylation sites (tertiary alicyclic amines) is 1. The van der Waals surface area contributed by atoms with Gasteiger partial charge in [-0.2, -0.15) is 0 Å². The minimum atomic E-state index is 0.0584. The molecular formula is C19H25NO2. The fraction of sp³-hybridized carbons (Fsp3) is 0.632. The van der Waals surface area contributed by atoms with Gasteiger partial charge in [0.25, 0.3) is 0 Å². The van der Waals surface area contributed by atoms with E-state index in [9.17, 15) is 4.79 Å². The molecule has 2 bridgehead atoms. The molecule has 1 heterocycles. The minimum Gasteiger partial charge on any atom is -0.497 e. The lowest BCUT2D eigenvalue weighted by Crippen LogP contribution is -2.61. The van der Waals surface area contributed by atoms with Crippen molar-refractivity contribution in [2.45, 2.75) is 44.1 Å². The van der Waals surface area contributed by atoms with Crippen LogP contribution in [0.15, 0.2) is 18.2 Å². The maximum Gasteiger partial charge on any atom is 0.136 e. The van der Waals surface area contributed by atoms with E-state index in [1.807, 2.05) is 0 Å². The highest BCUT2D eigenvalue weighted by Gasteiger charge is 2.56. The van der Waals surface area contributed by atoms with Gasteiger partial charge in [-0.15, -0.1) is 0 Å². The Morgan fingerprint density at radius 1 is 1.36 bits per heavy atom. The Hall–Kier alpha value is -1.35. The van der Waals surface area contributed by atoms with Crippen LogP contribution in [-0.4, -0.2) is 37.4 Å². The van der Waals surface area contributed by atoms with Crippen molar-refractivity contribution in [2.24, 2.45) is 11.8 Å². The second-order valence-electron chi connectivity index (χ2n) is 7.57. The number of hydrogen-bond acceptors (Lipinski definition) is 3. The van der Waals surface area contributed by atoms with Crippen LogP contribution in [0, 0.1) is 11.8 Å². The van der Waals surface area contributed by atoms with E-state index < -0.39 is 0 Å². The summed E-state index contributed by atoms with van der Waals surface area (Å²) in [4.78, 5) is 15.1. The molecule has 1 aromatic rings. The number of ether oxygens (including phenoxy) is 1. The molecule has 1 saturated heterocycles. The summed E-state index contributed by atoms with van der Waals surface area (Å²) in [5.74, 6) is 2.21. The van der Waals surface area contributed by atoms with Gasteiger partial charge in [-0.05, 0) is 62.0 Å². The summed E-state index contributed by atoms with van der Waals surface area (Å²) < 4.78 is 5.47. The molecule has 0 radical (unpaired) electrons. The van der Waals surface area contributed by atoms with Crippen LogP contribution in [0.2, 0.25) is 0 Å². The van der Waals surface area contributed by atoms with Gasteiger partial charge in [-0.1, -0.05) is 13.0 Å². The second kappa shape index (κ2) is 4.82. The molecule has 1 saturated carbocycles. The third kappa shape index (κ3) is 1.81. The van der Waals surface area contributed by atoms with Gasteiger partial charge in [0.1, 0.15) is 11.5 Å². The van der Waals surface area contributed by atoms with Gasteiger partial charge < -0.3 is 9.64 Å². The predicted molar refractivity (Wildman–Crippen MR) is 86.3 cm³/mol. The number of benzene rings is 1.